The van der Waals surface area contributed by atoms with Gasteiger partial charge < -0.3 is 4.52 Å². The Balaban J connectivity index is 2.00. The van der Waals surface area contributed by atoms with Crippen molar-refractivity contribution in [2.45, 2.75) is 0 Å². The van der Waals surface area contributed by atoms with E-state index in [4.69, 9.17) is 4.52 Å². The summed E-state index contributed by atoms with van der Waals surface area (Å²) >= 11 is 2.25. The Kier molecular flexibility index (Phi) is 3.06. The molecular formula is C13H8IN3O. The van der Waals surface area contributed by atoms with Gasteiger partial charge in [0.1, 0.15) is 0 Å². The molecule has 0 saturated heterocycles. The molecule has 0 aliphatic carbocycles. The minimum Gasteiger partial charge on any atom is -0.334 e. The summed E-state index contributed by atoms with van der Waals surface area (Å²) in [5.41, 5.74) is 1.82. The van der Waals surface area contributed by atoms with Gasteiger partial charge in [-0.05, 0) is 52.9 Å². The Hall–Kier alpha value is -1.76. The second kappa shape index (κ2) is 4.85. The molecule has 0 bridgehead atoms. The van der Waals surface area contributed by atoms with Crippen LogP contribution < -0.4 is 0 Å². The standard InChI is InChI=1S/C13H8IN3O/c14-11-3-1-2-10(8-11)13-16-12(17-18-13)9-4-6-15-7-5-9/h1-8H. The Morgan fingerprint density at radius 3 is 2.61 bits per heavy atom. The third-order valence-electron chi connectivity index (χ3n) is 2.44. The molecule has 0 spiro atoms. The molecule has 2 aromatic heterocycles. The number of rotatable bonds is 2. The van der Waals surface area contributed by atoms with Gasteiger partial charge >= 0.3 is 0 Å². The van der Waals surface area contributed by atoms with E-state index < -0.39 is 0 Å². The van der Waals surface area contributed by atoms with Crippen molar-refractivity contribution in [3.05, 3.63) is 52.4 Å². The molecule has 18 heavy (non-hydrogen) atoms. The van der Waals surface area contributed by atoms with Crippen molar-refractivity contribution in [2.24, 2.45) is 0 Å². The highest BCUT2D eigenvalue weighted by atomic mass is 127. The van der Waals surface area contributed by atoms with Gasteiger partial charge in [0.25, 0.3) is 5.89 Å². The van der Waals surface area contributed by atoms with Gasteiger partial charge in [0.15, 0.2) is 0 Å². The number of nitrogens with zero attached hydrogens (tertiary/aromatic N) is 3. The maximum absolute atomic E-state index is 5.28. The maximum Gasteiger partial charge on any atom is 0.258 e. The summed E-state index contributed by atoms with van der Waals surface area (Å²) in [4.78, 5) is 8.34. The fourth-order valence-electron chi connectivity index (χ4n) is 1.58. The summed E-state index contributed by atoms with van der Waals surface area (Å²) in [6, 6.07) is 11.6. The average Bonchev–Trinajstić information content (AvgIpc) is 2.89. The lowest BCUT2D eigenvalue weighted by Gasteiger charge is -1.94. The summed E-state index contributed by atoms with van der Waals surface area (Å²) in [6.45, 7) is 0. The van der Waals surface area contributed by atoms with E-state index in [1.165, 1.54) is 0 Å². The molecular weight excluding hydrogens is 341 g/mol. The van der Waals surface area contributed by atoms with Crippen LogP contribution in [0.1, 0.15) is 0 Å². The van der Waals surface area contributed by atoms with Crippen LogP contribution in [0.4, 0.5) is 0 Å². The van der Waals surface area contributed by atoms with Crippen LogP contribution in [0, 0.1) is 3.57 Å². The van der Waals surface area contributed by atoms with Crippen LogP contribution in [-0.4, -0.2) is 15.1 Å². The molecule has 2 heterocycles. The van der Waals surface area contributed by atoms with Crippen LogP contribution in [0.15, 0.2) is 53.3 Å². The molecule has 0 N–H and O–H groups in total. The van der Waals surface area contributed by atoms with Crippen molar-refractivity contribution >= 4 is 22.6 Å². The normalized spacial score (nSPS) is 10.5. The SMILES string of the molecule is Ic1cccc(-c2nc(-c3ccncc3)no2)c1. The van der Waals surface area contributed by atoms with Crippen LogP contribution in [-0.2, 0) is 0 Å². The summed E-state index contributed by atoms with van der Waals surface area (Å²) < 4.78 is 6.41. The Bertz CT molecular complexity index is 667. The van der Waals surface area contributed by atoms with Gasteiger partial charge in [-0.1, -0.05) is 11.2 Å². The number of pyridine rings is 1. The topological polar surface area (TPSA) is 51.8 Å². The van der Waals surface area contributed by atoms with Crippen molar-refractivity contribution in [3.63, 3.8) is 0 Å². The van der Waals surface area contributed by atoms with E-state index in [0.717, 1.165) is 14.7 Å². The number of benzene rings is 1. The monoisotopic (exact) mass is 349 g/mol. The smallest absolute Gasteiger partial charge is 0.258 e. The molecule has 0 radical (unpaired) electrons. The van der Waals surface area contributed by atoms with Crippen molar-refractivity contribution in [3.8, 4) is 22.8 Å². The zero-order valence-corrected chi connectivity index (χ0v) is 11.4. The fourth-order valence-corrected chi connectivity index (χ4v) is 2.12. The molecule has 3 aromatic rings. The first kappa shape index (κ1) is 11.3. The number of hydrogen-bond acceptors (Lipinski definition) is 4. The van der Waals surface area contributed by atoms with Gasteiger partial charge in [0.2, 0.25) is 5.82 Å². The minimum atomic E-state index is 0.528. The molecule has 0 unspecified atom stereocenters. The van der Waals surface area contributed by atoms with Crippen LogP contribution in [0.25, 0.3) is 22.8 Å². The summed E-state index contributed by atoms with van der Waals surface area (Å²) in [5.74, 6) is 1.10. The molecule has 3 rings (SSSR count). The van der Waals surface area contributed by atoms with Gasteiger partial charge in [-0.15, -0.1) is 0 Å². The van der Waals surface area contributed by atoms with E-state index in [2.05, 4.69) is 37.7 Å². The second-order valence-electron chi connectivity index (χ2n) is 3.67. The Labute approximate surface area is 117 Å². The highest BCUT2D eigenvalue weighted by Crippen LogP contribution is 2.22. The maximum atomic E-state index is 5.28. The predicted octanol–water partition coefficient (Wildman–Crippen LogP) is 3.40. The molecule has 0 fully saturated rings. The largest absolute Gasteiger partial charge is 0.334 e. The lowest BCUT2D eigenvalue weighted by Crippen LogP contribution is -1.82. The Morgan fingerprint density at radius 2 is 1.83 bits per heavy atom. The molecule has 88 valence electrons. The van der Waals surface area contributed by atoms with Gasteiger partial charge in [-0.25, -0.2) is 0 Å². The predicted molar refractivity (Wildman–Crippen MR) is 75.7 cm³/mol. The molecule has 1 aromatic carbocycles. The molecule has 0 amide bonds. The molecule has 0 saturated carbocycles. The van der Waals surface area contributed by atoms with Gasteiger partial charge in [-0.2, -0.15) is 4.98 Å². The van der Waals surface area contributed by atoms with E-state index in [1.54, 1.807) is 12.4 Å². The lowest BCUT2D eigenvalue weighted by molar-refractivity contribution is 0.432. The van der Waals surface area contributed by atoms with Crippen molar-refractivity contribution < 1.29 is 4.52 Å². The third kappa shape index (κ3) is 2.26. The lowest BCUT2D eigenvalue weighted by atomic mass is 10.2. The van der Waals surface area contributed by atoms with E-state index in [0.29, 0.717) is 11.7 Å². The molecule has 0 aliphatic heterocycles. The van der Waals surface area contributed by atoms with E-state index in [1.807, 2.05) is 36.4 Å². The number of halogens is 1. The third-order valence-corrected chi connectivity index (χ3v) is 3.11. The van der Waals surface area contributed by atoms with Crippen molar-refractivity contribution in [2.75, 3.05) is 0 Å². The van der Waals surface area contributed by atoms with Crippen molar-refractivity contribution in [1.29, 1.82) is 0 Å². The second-order valence-corrected chi connectivity index (χ2v) is 4.92. The first-order valence-corrected chi connectivity index (χ1v) is 6.41. The molecule has 4 nitrogen and oxygen atoms in total. The van der Waals surface area contributed by atoms with Gasteiger partial charge in [-0.3, -0.25) is 4.98 Å². The average molecular weight is 349 g/mol. The van der Waals surface area contributed by atoms with Crippen molar-refractivity contribution in [1.82, 2.24) is 15.1 Å². The van der Waals surface area contributed by atoms with E-state index in [-0.39, 0.29) is 0 Å². The van der Waals surface area contributed by atoms with Crippen LogP contribution in [0.5, 0.6) is 0 Å². The molecule has 0 atom stereocenters. The van der Waals surface area contributed by atoms with Crippen LogP contribution in [0.2, 0.25) is 0 Å². The summed E-state index contributed by atoms with van der Waals surface area (Å²) in [6.07, 6.45) is 3.41. The first-order valence-electron chi connectivity index (χ1n) is 5.33. The molecule has 0 aliphatic rings. The highest BCUT2D eigenvalue weighted by molar-refractivity contribution is 14.1. The quantitative estimate of drug-likeness (QED) is 0.666. The van der Waals surface area contributed by atoms with Crippen LogP contribution in [0.3, 0.4) is 0 Å². The van der Waals surface area contributed by atoms with Gasteiger partial charge in [0, 0.05) is 27.1 Å². The summed E-state index contributed by atoms with van der Waals surface area (Å²) in [7, 11) is 0. The van der Waals surface area contributed by atoms with Crippen LogP contribution >= 0.6 is 22.6 Å². The summed E-state index contributed by atoms with van der Waals surface area (Å²) in [5, 5.41) is 3.98. The number of hydrogen-bond donors (Lipinski definition) is 0. The zero-order chi connectivity index (χ0) is 12.4. The van der Waals surface area contributed by atoms with E-state index in [9.17, 15) is 0 Å². The molecule has 5 heteroatoms. The van der Waals surface area contributed by atoms with E-state index >= 15 is 0 Å². The number of aromatic nitrogens is 3. The fraction of sp³-hybridized carbons (Fsp3) is 0. The zero-order valence-electron chi connectivity index (χ0n) is 9.25. The Morgan fingerprint density at radius 1 is 1.00 bits per heavy atom. The van der Waals surface area contributed by atoms with Gasteiger partial charge in [0.05, 0.1) is 0 Å². The minimum absolute atomic E-state index is 0.528. The highest BCUT2D eigenvalue weighted by Gasteiger charge is 2.10. The first-order chi connectivity index (χ1) is 8.83.